The van der Waals surface area contributed by atoms with Crippen molar-refractivity contribution in [1.82, 2.24) is 0 Å². The van der Waals surface area contributed by atoms with E-state index in [0.717, 1.165) is 51.4 Å². The molecule has 5 aliphatic rings. The van der Waals surface area contributed by atoms with E-state index in [4.69, 9.17) is 9.47 Å². The summed E-state index contributed by atoms with van der Waals surface area (Å²) < 4.78 is 12.5. The number of carbonyl (C=O) groups excluding carboxylic acids is 2. The summed E-state index contributed by atoms with van der Waals surface area (Å²) in [6.07, 6.45) is 10.4. The first kappa shape index (κ1) is 20.0. The third-order valence-corrected chi connectivity index (χ3v) is 7.99. The summed E-state index contributed by atoms with van der Waals surface area (Å²) in [5.74, 6) is -1.04. The molecule has 4 atom stereocenters. The van der Waals surface area contributed by atoms with Crippen LogP contribution >= 0.6 is 0 Å². The molecule has 0 aromatic carbocycles. The predicted octanol–water partition coefficient (Wildman–Crippen LogP) is 4.65. The summed E-state index contributed by atoms with van der Waals surface area (Å²) in [7, 11) is 0. The quantitative estimate of drug-likeness (QED) is 0.681. The molecule has 2 aliphatic heterocycles. The van der Waals surface area contributed by atoms with E-state index in [1.807, 2.05) is 0 Å². The van der Waals surface area contributed by atoms with E-state index >= 15 is 0 Å². The van der Waals surface area contributed by atoms with E-state index in [-0.39, 0.29) is 53.5 Å². The van der Waals surface area contributed by atoms with Crippen LogP contribution in [0.5, 0.6) is 0 Å². The molecule has 3 aliphatic carbocycles. The Bertz CT molecular complexity index is 720. The van der Waals surface area contributed by atoms with Crippen molar-refractivity contribution in [3.8, 4) is 0 Å². The third kappa shape index (κ3) is 3.32. The summed E-state index contributed by atoms with van der Waals surface area (Å²) in [6, 6.07) is 0. The Kier molecular flexibility index (Phi) is 5.28. The molecule has 2 N–H and O–H groups in total. The van der Waals surface area contributed by atoms with Gasteiger partial charge in [-0.25, -0.2) is 0 Å². The van der Waals surface area contributed by atoms with Crippen LogP contribution in [0.25, 0.3) is 0 Å². The molecule has 5 rings (SSSR count). The van der Waals surface area contributed by atoms with Gasteiger partial charge in [0.15, 0.2) is 11.5 Å². The van der Waals surface area contributed by atoms with Gasteiger partial charge in [-0.05, 0) is 32.1 Å². The minimum absolute atomic E-state index is 0.108. The number of hydrogen-bond donors (Lipinski definition) is 2. The van der Waals surface area contributed by atoms with Crippen LogP contribution in [0.3, 0.4) is 0 Å². The highest BCUT2D eigenvalue weighted by atomic mass is 16.5. The number of allylic oxidation sites excluding steroid dienone is 4. The van der Waals surface area contributed by atoms with Crippen molar-refractivity contribution in [2.75, 3.05) is 0 Å². The standard InChI is InChI=1S/C24H32O6/c25-19-15-11-16-18(30-24(22(28)20(16)26)14-9-5-2-6-10-14)12-17(15)29-23(21(19)27)13-7-3-1-4-8-13/h13-18,27-28H,1-12H2. The van der Waals surface area contributed by atoms with Gasteiger partial charge < -0.3 is 19.7 Å². The second-order valence-electron chi connectivity index (χ2n) is 9.82. The van der Waals surface area contributed by atoms with Crippen molar-refractivity contribution in [3.63, 3.8) is 0 Å². The van der Waals surface area contributed by atoms with Crippen molar-refractivity contribution >= 4 is 11.6 Å². The topological polar surface area (TPSA) is 93.1 Å². The van der Waals surface area contributed by atoms with Crippen LogP contribution in [-0.4, -0.2) is 34.0 Å². The Labute approximate surface area is 177 Å². The Balaban J connectivity index is 1.37. The highest BCUT2D eigenvalue weighted by molar-refractivity contribution is 5.99. The zero-order valence-electron chi connectivity index (χ0n) is 17.5. The fraction of sp³-hybridized carbons (Fsp3) is 0.750. The molecule has 30 heavy (non-hydrogen) atoms. The molecule has 0 aromatic rings. The number of ether oxygens (including phenoxy) is 2. The third-order valence-electron chi connectivity index (χ3n) is 7.99. The normalized spacial score (nSPS) is 36.1. The van der Waals surface area contributed by atoms with Gasteiger partial charge in [-0.15, -0.1) is 0 Å². The van der Waals surface area contributed by atoms with E-state index in [0.29, 0.717) is 17.9 Å². The fourth-order valence-corrected chi connectivity index (χ4v) is 6.29. The molecule has 0 bridgehead atoms. The minimum atomic E-state index is -0.546. The second kappa shape index (κ2) is 7.93. The van der Waals surface area contributed by atoms with Gasteiger partial charge in [-0.2, -0.15) is 0 Å². The molecular formula is C24H32O6. The molecule has 0 spiro atoms. The molecule has 0 amide bonds. The molecule has 0 saturated heterocycles. The number of ketones is 2. The van der Waals surface area contributed by atoms with Crippen molar-refractivity contribution in [1.29, 1.82) is 0 Å². The van der Waals surface area contributed by atoms with E-state index in [2.05, 4.69) is 0 Å². The Morgan fingerprint density at radius 1 is 0.600 bits per heavy atom. The van der Waals surface area contributed by atoms with Gasteiger partial charge in [-0.1, -0.05) is 38.5 Å². The number of fused-ring (bicyclic) bond motifs is 2. The van der Waals surface area contributed by atoms with Crippen LogP contribution in [0.2, 0.25) is 0 Å². The van der Waals surface area contributed by atoms with Gasteiger partial charge >= 0.3 is 0 Å². The largest absolute Gasteiger partial charge is 0.502 e. The lowest BCUT2D eigenvalue weighted by Gasteiger charge is -2.45. The lowest BCUT2D eigenvalue weighted by molar-refractivity contribution is -0.151. The minimum Gasteiger partial charge on any atom is -0.502 e. The van der Waals surface area contributed by atoms with Crippen LogP contribution in [-0.2, 0) is 19.1 Å². The first-order valence-electron chi connectivity index (χ1n) is 11.8. The maximum Gasteiger partial charge on any atom is 0.207 e. The van der Waals surface area contributed by atoms with Crippen LogP contribution < -0.4 is 0 Å². The van der Waals surface area contributed by atoms with Crippen LogP contribution in [0.15, 0.2) is 23.0 Å². The maximum absolute atomic E-state index is 13.0. The second-order valence-corrected chi connectivity index (χ2v) is 9.82. The highest BCUT2D eigenvalue weighted by Gasteiger charge is 2.53. The van der Waals surface area contributed by atoms with Crippen LogP contribution in [0.4, 0.5) is 0 Å². The number of Topliss-reactive ketones (excluding diaryl/α,β-unsaturated/α-hetero) is 2. The monoisotopic (exact) mass is 416 g/mol. The van der Waals surface area contributed by atoms with Crippen molar-refractivity contribution in [2.24, 2.45) is 23.7 Å². The number of carbonyl (C=O) groups is 2. The smallest absolute Gasteiger partial charge is 0.207 e. The molecule has 164 valence electrons. The molecule has 0 aromatic heterocycles. The first-order valence-corrected chi connectivity index (χ1v) is 11.8. The molecule has 6 heteroatoms. The summed E-state index contributed by atoms with van der Waals surface area (Å²) in [5, 5.41) is 21.2. The first-order chi connectivity index (χ1) is 14.5. The number of aliphatic hydroxyl groups is 2. The maximum atomic E-state index is 13.0. The molecule has 3 fully saturated rings. The Hall–Kier alpha value is -1.98. The summed E-state index contributed by atoms with van der Waals surface area (Å²) in [6.45, 7) is 0. The van der Waals surface area contributed by atoms with Crippen molar-refractivity contribution in [3.05, 3.63) is 23.0 Å². The van der Waals surface area contributed by atoms with E-state index < -0.39 is 11.8 Å². The lowest BCUT2D eigenvalue weighted by Crippen LogP contribution is -2.51. The van der Waals surface area contributed by atoms with Gasteiger partial charge in [0.05, 0.1) is 11.8 Å². The van der Waals surface area contributed by atoms with Gasteiger partial charge in [0.1, 0.15) is 23.7 Å². The molecule has 4 unspecified atom stereocenters. The summed E-state index contributed by atoms with van der Waals surface area (Å²) >= 11 is 0. The van der Waals surface area contributed by atoms with Gasteiger partial charge in [0, 0.05) is 18.3 Å². The average Bonchev–Trinajstić information content (AvgIpc) is 2.79. The molecular weight excluding hydrogens is 384 g/mol. The van der Waals surface area contributed by atoms with E-state index in [1.165, 1.54) is 12.8 Å². The molecule has 3 saturated carbocycles. The van der Waals surface area contributed by atoms with Gasteiger partial charge in [0.2, 0.25) is 11.6 Å². The SMILES string of the molecule is O=C1C(O)=C(C2CCCCC2)OC2CC3OC(C4CCCCC4)=C(O)C(=O)C3CC12. The van der Waals surface area contributed by atoms with Crippen molar-refractivity contribution in [2.45, 2.75) is 89.3 Å². The zero-order chi connectivity index (χ0) is 20.8. The number of aliphatic hydroxyl groups excluding tert-OH is 2. The van der Waals surface area contributed by atoms with Crippen LogP contribution in [0.1, 0.15) is 77.0 Å². The predicted molar refractivity (Wildman–Crippen MR) is 108 cm³/mol. The summed E-state index contributed by atoms with van der Waals surface area (Å²) in [4.78, 5) is 25.9. The molecule has 6 nitrogen and oxygen atoms in total. The Morgan fingerprint density at radius 2 is 1.00 bits per heavy atom. The lowest BCUT2D eigenvalue weighted by atomic mass is 9.70. The van der Waals surface area contributed by atoms with Crippen LogP contribution in [0, 0.1) is 23.7 Å². The molecule has 0 radical (unpaired) electrons. The molecule has 2 heterocycles. The average molecular weight is 417 g/mol. The fourth-order valence-electron chi connectivity index (χ4n) is 6.29. The number of rotatable bonds is 2. The van der Waals surface area contributed by atoms with Crippen molar-refractivity contribution < 1.29 is 29.3 Å². The van der Waals surface area contributed by atoms with Gasteiger partial charge in [-0.3, -0.25) is 9.59 Å². The van der Waals surface area contributed by atoms with E-state index in [9.17, 15) is 19.8 Å². The zero-order valence-corrected chi connectivity index (χ0v) is 17.5. The summed E-state index contributed by atoms with van der Waals surface area (Å²) in [5.41, 5.74) is 0. The Morgan fingerprint density at radius 3 is 1.40 bits per heavy atom. The number of hydrogen-bond acceptors (Lipinski definition) is 6. The van der Waals surface area contributed by atoms with Gasteiger partial charge in [0.25, 0.3) is 0 Å². The van der Waals surface area contributed by atoms with E-state index in [1.54, 1.807) is 0 Å². The highest BCUT2D eigenvalue weighted by Crippen LogP contribution is 2.47.